The molecule has 0 aromatic heterocycles. The fourth-order valence-electron chi connectivity index (χ4n) is 2.11. The van der Waals surface area contributed by atoms with Crippen LogP contribution in [0.5, 0.6) is 0 Å². The summed E-state index contributed by atoms with van der Waals surface area (Å²) in [7, 11) is 0. The Balaban J connectivity index is 0.00000128. The quantitative estimate of drug-likeness (QED) is 0.572. The third kappa shape index (κ3) is 3.95. The van der Waals surface area contributed by atoms with E-state index in [4.69, 9.17) is 0 Å². The molecule has 0 aliphatic heterocycles. The molecule has 2 aliphatic rings. The molecule has 0 aromatic rings. The van der Waals surface area contributed by atoms with E-state index < -0.39 is 23.2 Å². The Hall–Kier alpha value is 0.423. The molecule has 0 heterocycles. The van der Waals surface area contributed by atoms with Gasteiger partial charge in [-0.15, -0.1) is 0 Å². The second-order valence-electron chi connectivity index (χ2n) is 4.32. The summed E-state index contributed by atoms with van der Waals surface area (Å²) in [5, 5.41) is 0. The molecule has 2 aliphatic carbocycles. The third-order valence-corrected chi connectivity index (χ3v) is 7.47. The molecule has 2 rings (SSSR count). The van der Waals surface area contributed by atoms with Gasteiger partial charge in [-0.25, -0.2) is 0 Å². The Kier molecular flexibility index (Phi) is 7.96. The molecule has 0 saturated heterocycles. The van der Waals surface area contributed by atoms with E-state index in [2.05, 4.69) is 39.0 Å². The van der Waals surface area contributed by atoms with Crippen molar-refractivity contribution in [2.75, 3.05) is 0 Å². The number of halogens is 2. The van der Waals surface area contributed by atoms with Crippen molar-refractivity contribution in [1.29, 1.82) is 0 Å². The van der Waals surface area contributed by atoms with Crippen LogP contribution in [0.4, 0.5) is 0 Å². The van der Waals surface area contributed by atoms with Crippen LogP contribution >= 0.6 is 0 Å². The predicted octanol–water partition coefficient (Wildman–Crippen LogP) is -1.68. The SMILES string of the molecule is CCC1=[C]([Zr+2][C]2=CCC(C)=C2C)CC=C1.[Cl-].[Cl-]. The summed E-state index contributed by atoms with van der Waals surface area (Å²) in [5.74, 6) is 0. The van der Waals surface area contributed by atoms with Gasteiger partial charge in [-0.1, -0.05) is 0 Å². The molecule has 0 bridgehead atoms. The van der Waals surface area contributed by atoms with Gasteiger partial charge >= 0.3 is 105 Å². The van der Waals surface area contributed by atoms with Crippen LogP contribution in [-0.2, 0) is 23.2 Å². The van der Waals surface area contributed by atoms with E-state index in [0.717, 1.165) is 0 Å². The molecule has 17 heavy (non-hydrogen) atoms. The van der Waals surface area contributed by atoms with Gasteiger partial charge in [0.15, 0.2) is 0 Å². The molecule has 0 N–H and O–H groups in total. The van der Waals surface area contributed by atoms with Crippen LogP contribution in [0, 0.1) is 0 Å². The zero-order chi connectivity index (χ0) is 10.8. The fraction of sp³-hybridized carbons (Fsp3) is 0.429. The summed E-state index contributed by atoms with van der Waals surface area (Å²) in [5.41, 5.74) is 4.84. The van der Waals surface area contributed by atoms with Crippen molar-refractivity contribution < 1.29 is 48.0 Å². The van der Waals surface area contributed by atoms with E-state index in [1.807, 2.05) is 0 Å². The van der Waals surface area contributed by atoms with Crippen LogP contribution in [0.1, 0.15) is 40.0 Å². The minimum Gasteiger partial charge on any atom is -1.00 e. The van der Waals surface area contributed by atoms with Gasteiger partial charge in [-0.3, -0.25) is 0 Å². The Labute approximate surface area is 129 Å². The van der Waals surface area contributed by atoms with Crippen molar-refractivity contribution in [2.24, 2.45) is 0 Å². The average molecular weight is 348 g/mol. The largest absolute Gasteiger partial charge is 1.00 e. The zero-order valence-electron chi connectivity index (χ0n) is 10.6. The molecule has 0 nitrogen and oxygen atoms in total. The van der Waals surface area contributed by atoms with E-state index in [1.165, 1.54) is 19.3 Å². The third-order valence-electron chi connectivity index (χ3n) is 3.35. The summed E-state index contributed by atoms with van der Waals surface area (Å²) in [6, 6.07) is 0. The Morgan fingerprint density at radius 2 is 1.88 bits per heavy atom. The van der Waals surface area contributed by atoms with Crippen molar-refractivity contribution in [3.05, 3.63) is 41.5 Å². The maximum atomic E-state index is 2.48. The molecular formula is C14H18Cl2Zr. The molecule has 0 radical (unpaired) electrons. The first kappa shape index (κ1) is 17.4. The summed E-state index contributed by atoms with van der Waals surface area (Å²) < 4.78 is 3.54. The van der Waals surface area contributed by atoms with Crippen molar-refractivity contribution in [2.45, 2.75) is 40.0 Å². The van der Waals surface area contributed by atoms with E-state index in [0.29, 0.717) is 0 Å². The van der Waals surface area contributed by atoms with Gasteiger partial charge in [0, 0.05) is 0 Å². The Morgan fingerprint density at radius 1 is 1.18 bits per heavy atom. The zero-order valence-corrected chi connectivity index (χ0v) is 14.6. The first-order chi connectivity index (χ1) is 7.22. The minimum absolute atomic E-state index is 0. The second kappa shape index (κ2) is 7.77. The average Bonchev–Trinajstić information content (AvgIpc) is 2.80. The van der Waals surface area contributed by atoms with Gasteiger partial charge in [0.05, 0.1) is 0 Å². The monoisotopic (exact) mass is 346 g/mol. The molecule has 0 unspecified atom stereocenters. The Bertz CT molecular complexity index is 400. The van der Waals surface area contributed by atoms with E-state index >= 15 is 0 Å². The van der Waals surface area contributed by atoms with Crippen molar-refractivity contribution in [3.8, 4) is 0 Å². The van der Waals surface area contributed by atoms with Crippen molar-refractivity contribution in [3.63, 3.8) is 0 Å². The molecule has 0 saturated carbocycles. The van der Waals surface area contributed by atoms with Crippen LogP contribution in [0.15, 0.2) is 41.5 Å². The standard InChI is InChI=1S/2C7H9.2ClH.Zr/c1-6-4-3-5-7(6)2;1-2-7-5-3-4-6-7;;;/h3H,4H2,1-2H3;3,5H,2,4H2,1H3;2*1H;/q;;;;+2/p-2. The van der Waals surface area contributed by atoms with Gasteiger partial charge in [0.1, 0.15) is 0 Å². The molecule has 0 spiro atoms. The van der Waals surface area contributed by atoms with Crippen LogP contribution in [-0.4, -0.2) is 0 Å². The normalized spacial score (nSPS) is 17.7. The number of hydrogen-bond acceptors (Lipinski definition) is 0. The van der Waals surface area contributed by atoms with Crippen molar-refractivity contribution in [1.82, 2.24) is 0 Å². The van der Waals surface area contributed by atoms with Gasteiger partial charge in [-0.05, 0) is 0 Å². The Morgan fingerprint density at radius 3 is 2.41 bits per heavy atom. The molecule has 3 heteroatoms. The van der Waals surface area contributed by atoms with E-state index in [9.17, 15) is 0 Å². The fourth-order valence-corrected chi connectivity index (χ4v) is 5.97. The number of rotatable bonds is 3. The number of allylic oxidation sites excluding steroid dienone is 8. The van der Waals surface area contributed by atoms with Crippen molar-refractivity contribution >= 4 is 0 Å². The maximum absolute atomic E-state index is 2.48. The molecule has 0 atom stereocenters. The van der Waals surface area contributed by atoms with Crippen LogP contribution in [0.3, 0.4) is 0 Å². The minimum atomic E-state index is -0.452. The summed E-state index contributed by atoms with van der Waals surface area (Å²) >= 11 is -0.452. The second-order valence-corrected chi connectivity index (χ2v) is 7.74. The summed E-state index contributed by atoms with van der Waals surface area (Å²) in [6.45, 7) is 6.87. The first-order valence-electron chi connectivity index (χ1n) is 5.74. The molecule has 0 fully saturated rings. The molecule has 92 valence electrons. The predicted molar refractivity (Wildman–Crippen MR) is 62.1 cm³/mol. The molecule has 0 amide bonds. The molecular weight excluding hydrogens is 330 g/mol. The summed E-state index contributed by atoms with van der Waals surface area (Å²) in [4.78, 5) is 0. The van der Waals surface area contributed by atoms with E-state index in [1.54, 1.807) is 23.3 Å². The maximum Gasteiger partial charge on any atom is -1.00 e. The van der Waals surface area contributed by atoms with Crippen LogP contribution < -0.4 is 24.8 Å². The summed E-state index contributed by atoms with van der Waals surface area (Å²) in [6.07, 6.45) is 10.9. The topological polar surface area (TPSA) is 0 Å². The van der Waals surface area contributed by atoms with Crippen LogP contribution in [0.2, 0.25) is 0 Å². The van der Waals surface area contributed by atoms with Gasteiger partial charge in [-0.2, -0.15) is 0 Å². The van der Waals surface area contributed by atoms with Gasteiger partial charge in [0.2, 0.25) is 0 Å². The molecule has 0 aromatic carbocycles. The van der Waals surface area contributed by atoms with Crippen LogP contribution in [0.25, 0.3) is 0 Å². The van der Waals surface area contributed by atoms with Gasteiger partial charge in [0.25, 0.3) is 0 Å². The van der Waals surface area contributed by atoms with E-state index in [-0.39, 0.29) is 24.8 Å². The smallest absolute Gasteiger partial charge is 1.00 e. The number of hydrogen-bond donors (Lipinski definition) is 0. The first-order valence-corrected chi connectivity index (χ1v) is 8.20. The van der Waals surface area contributed by atoms with Gasteiger partial charge < -0.3 is 24.8 Å².